The average Bonchev–Trinajstić information content (AvgIpc) is 2.33. The smallest absolute Gasteiger partial charge is 0.511 e. The SMILES string of the molecule is C[C@@H]1CN(c2[c-]ccc(N[C-]=O)c2)C[CH-]N1C.[Ra].[Rb+].[Re].[Y]. The van der Waals surface area contributed by atoms with Gasteiger partial charge in [-0.05, 0) is 13.1 Å². The van der Waals surface area contributed by atoms with Crippen LogP contribution in [0.15, 0.2) is 18.2 Å². The molecule has 0 aliphatic carbocycles. The Morgan fingerprint density at radius 3 is 2.76 bits per heavy atom. The van der Waals surface area contributed by atoms with Gasteiger partial charge < -0.3 is 19.9 Å². The maximum absolute atomic E-state index is 10.3. The fraction of sp³-hybridized carbons (Fsp3) is 0.385. The number of hydrogen-bond acceptors (Lipinski definition) is 3. The van der Waals surface area contributed by atoms with Gasteiger partial charge in [0, 0.05) is 105 Å². The molecule has 1 aromatic rings. The van der Waals surface area contributed by atoms with Gasteiger partial charge in [0.25, 0.3) is 0 Å². The van der Waals surface area contributed by atoms with Crippen LogP contribution in [0.5, 0.6) is 0 Å². The first-order valence-corrected chi connectivity index (χ1v) is 5.66. The number of carbonyl (C=O) groups excluding carboxylic acids is 1. The first-order valence-electron chi connectivity index (χ1n) is 5.66. The number of hydrogen-bond donors (Lipinski definition) is 1. The van der Waals surface area contributed by atoms with Gasteiger partial charge in [-0.1, -0.05) is 19.2 Å². The van der Waals surface area contributed by atoms with E-state index in [0.717, 1.165) is 24.5 Å². The molecular weight excluding hydrogens is 801 g/mol. The average molecular weight is 817 g/mol. The Morgan fingerprint density at radius 2 is 2.19 bits per heavy atom. The van der Waals surface area contributed by atoms with Crippen LogP contribution in [0, 0.1) is 57.6 Å². The van der Waals surface area contributed by atoms with Crippen molar-refractivity contribution in [1.29, 1.82) is 0 Å². The third-order valence-corrected chi connectivity index (χ3v) is 3.09. The number of anilines is 2. The Balaban J connectivity index is -0.000000810. The topological polar surface area (TPSA) is 35.6 Å². The van der Waals surface area contributed by atoms with Crippen molar-refractivity contribution in [2.75, 3.05) is 30.4 Å². The fourth-order valence-corrected chi connectivity index (χ4v) is 1.90. The number of nitrogens with zero attached hydrogens (tertiary/aromatic N) is 2. The zero-order valence-corrected chi connectivity index (χ0v) is 29.0. The van der Waals surface area contributed by atoms with Gasteiger partial charge in [-0.3, -0.25) is 0 Å². The molecule has 0 bridgehead atoms. The van der Waals surface area contributed by atoms with Gasteiger partial charge in [0.05, 0.1) is 6.41 Å². The summed E-state index contributed by atoms with van der Waals surface area (Å²) in [6.45, 7) is 6.17. The van der Waals surface area contributed by atoms with E-state index < -0.39 is 0 Å². The summed E-state index contributed by atoms with van der Waals surface area (Å²) in [5.74, 6) is 0. The van der Waals surface area contributed by atoms with Crippen LogP contribution in [-0.2, 0) is 57.9 Å². The Kier molecular flexibility index (Phi) is 21.9. The Morgan fingerprint density at radius 1 is 1.52 bits per heavy atom. The van der Waals surface area contributed by atoms with Crippen LogP contribution >= 0.6 is 0 Å². The molecule has 0 unspecified atom stereocenters. The summed E-state index contributed by atoms with van der Waals surface area (Å²) >= 11 is 0. The van der Waals surface area contributed by atoms with Crippen LogP contribution < -0.4 is 68.4 Å². The van der Waals surface area contributed by atoms with Crippen molar-refractivity contribution in [2.24, 2.45) is 0 Å². The van der Waals surface area contributed by atoms with Crippen LogP contribution in [0.2, 0.25) is 0 Å². The second kappa shape index (κ2) is 15.7. The van der Waals surface area contributed by atoms with Crippen molar-refractivity contribution in [3.8, 4) is 0 Å². The van der Waals surface area contributed by atoms with E-state index in [-0.39, 0.29) is 156 Å². The first-order chi connectivity index (χ1) is 8.20. The van der Waals surface area contributed by atoms with E-state index in [0.29, 0.717) is 6.04 Å². The molecule has 2 rings (SSSR count). The van der Waals surface area contributed by atoms with Gasteiger partial charge in [0.2, 0.25) is 0 Å². The maximum atomic E-state index is 10.3. The first kappa shape index (κ1) is 29.3. The summed E-state index contributed by atoms with van der Waals surface area (Å²) in [4.78, 5) is 14.7. The quantitative estimate of drug-likeness (QED) is 0.292. The van der Waals surface area contributed by atoms with Gasteiger partial charge in [-0.15, -0.1) is 0 Å². The molecule has 1 aliphatic heterocycles. The molecule has 0 saturated carbocycles. The molecule has 1 N–H and O–H groups in total. The largest absolute Gasteiger partial charge is 1.00 e. The fourth-order valence-electron chi connectivity index (χ4n) is 1.90. The van der Waals surface area contributed by atoms with Gasteiger partial charge in [-0.25, -0.2) is 24.4 Å². The molecule has 104 valence electrons. The van der Waals surface area contributed by atoms with Crippen molar-refractivity contribution in [1.82, 2.24) is 4.90 Å². The number of piperazine rings is 1. The van der Waals surface area contributed by atoms with Gasteiger partial charge >= 0.3 is 58.2 Å². The standard InChI is InChI=1S/C13H16N3O.Ra.Rb.Re.Y/c1-11-9-16(7-6-15(11)2)13-5-3-4-12(8-13)14-10-17;;;;/h3-4,6,8,11H,7,9H2,1-2H3,(H,14,17);;;;/q-3;;+1;;/t11-;;;;/m1..../s1. The Hall–Kier alpha value is 3.49. The third-order valence-electron chi connectivity index (χ3n) is 3.09. The number of nitrogens with one attached hydrogen (secondary N) is 1. The van der Waals surface area contributed by atoms with Crippen LogP contribution in [-0.4, -0.2) is 37.5 Å². The summed E-state index contributed by atoms with van der Waals surface area (Å²) in [5.41, 5.74) is 1.75. The van der Waals surface area contributed by atoms with E-state index in [2.05, 4.69) is 41.7 Å². The van der Waals surface area contributed by atoms with E-state index in [4.69, 9.17) is 0 Å². The molecule has 21 heavy (non-hydrogen) atoms. The van der Waals surface area contributed by atoms with Gasteiger partial charge in [0.1, 0.15) is 0 Å². The van der Waals surface area contributed by atoms with Crippen LogP contribution in [0.4, 0.5) is 11.4 Å². The number of rotatable bonds is 3. The Bertz CT molecular complexity index is 417. The molecule has 1 aromatic carbocycles. The molecule has 4 nitrogen and oxygen atoms in total. The molecule has 1 saturated heterocycles. The summed E-state index contributed by atoms with van der Waals surface area (Å²) in [7, 11) is 2.09. The minimum Gasteiger partial charge on any atom is -0.511 e. The van der Waals surface area contributed by atoms with E-state index in [1.165, 1.54) is 0 Å². The molecule has 1 heterocycles. The third kappa shape index (κ3) is 9.67. The zero-order valence-electron chi connectivity index (χ0n) is 12.8. The molecule has 4 radical (unpaired) electrons. The molecule has 0 spiro atoms. The van der Waals surface area contributed by atoms with Crippen LogP contribution in [0.25, 0.3) is 0 Å². The van der Waals surface area contributed by atoms with E-state index >= 15 is 0 Å². The zero-order chi connectivity index (χ0) is 12.3. The number of benzene rings is 1. The predicted octanol–water partition coefficient (Wildman–Crippen LogP) is -1.73. The van der Waals surface area contributed by atoms with E-state index in [1.807, 2.05) is 12.1 Å². The molecule has 1 fully saturated rings. The monoisotopic (exact) mass is 817 g/mol. The number of amides is 1. The second-order valence-corrected chi connectivity index (χ2v) is 4.29. The number of likely N-dealkylation sites (N-methyl/N-ethyl adjacent to an activating group) is 1. The molecular formula is C13H16N3ORaRbReY-2. The summed E-state index contributed by atoms with van der Waals surface area (Å²) in [6.07, 6.45) is 1.68. The minimum absolute atomic E-state index is 0. The van der Waals surface area contributed by atoms with Crippen molar-refractivity contribution in [2.45, 2.75) is 13.0 Å². The van der Waals surface area contributed by atoms with Crippen molar-refractivity contribution < 1.29 is 161 Å². The second-order valence-electron chi connectivity index (χ2n) is 4.29. The normalized spacial score (nSPS) is 17.2. The van der Waals surface area contributed by atoms with Gasteiger partial charge in [0.15, 0.2) is 0 Å². The molecule has 1 atom stereocenters. The van der Waals surface area contributed by atoms with Gasteiger partial charge in [-0.2, -0.15) is 12.1 Å². The molecule has 8 heteroatoms. The van der Waals surface area contributed by atoms with Crippen LogP contribution in [0.3, 0.4) is 0 Å². The minimum atomic E-state index is 0. The maximum Gasteiger partial charge on any atom is 1.00 e. The summed E-state index contributed by atoms with van der Waals surface area (Å²) in [6, 6.07) is 9.20. The van der Waals surface area contributed by atoms with Crippen molar-refractivity contribution in [3.63, 3.8) is 0 Å². The van der Waals surface area contributed by atoms with Crippen molar-refractivity contribution >= 4 is 17.8 Å². The van der Waals surface area contributed by atoms with Crippen LogP contribution in [0.1, 0.15) is 6.92 Å². The molecule has 1 amide bonds. The van der Waals surface area contributed by atoms with Crippen molar-refractivity contribution in [3.05, 3.63) is 30.8 Å². The molecule has 0 aromatic heterocycles. The van der Waals surface area contributed by atoms with E-state index in [9.17, 15) is 4.79 Å². The molecule has 1 aliphatic rings. The Labute approximate surface area is 252 Å². The summed E-state index contributed by atoms with van der Waals surface area (Å²) < 4.78 is 0. The van der Waals surface area contributed by atoms with E-state index in [1.54, 1.807) is 12.5 Å². The predicted molar refractivity (Wildman–Crippen MR) is 68.3 cm³/mol. The summed E-state index contributed by atoms with van der Waals surface area (Å²) in [5, 5.41) is 2.53.